The molecule has 0 aliphatic carbocycles. The molecule has 1 fully saturated rings. The highest BCUT2D eigenvalue weighted by molar-refractivity contribution is 6.45. The quantitative estimate of drug-likeness (QED) is 0.550. The number of piperazine rings is 1. The van der Waals surface area contributed by atoms with Gasteiger partial charge in [0.25, 0.3) is 11.8 Å². The van der Waals surface area contributed by atoms with Gasteiger partial charge in [-0.25, -0.2) is 9.88 Å². The molecule has 3 heterocycles. The molecular weight excluding hydrogens is 436 g/mol. The normalized spacial score (nSPS) is 16.7. The molecule has 0 unspecified atom stereocenters. The molecule has 7 heteroatoms. The Hall–Kier alpha value is -3.64. The summed E-state index contributed by atoms with van der Waals surface area (Å²) in [5, 5.41) is 0.474. The maximum absolute atomic E-state index is 13.7. The van der Waals surface area contributed by atoms with Gasteiger partial charge in [-0.15, -0.1) is 0 Å². The first-order valence-corrected chi connectivity index (χ1v) is 11.3. The molecule has 0 saturated carbocycles. The van der Waals surface area contributed by atoms with Crippen LogP contribution in [-0.2, 0) is 9.59 Å². The molecule has 1 aromatic heterocycles. The minimum Gasteiger partial charge on any atom is -0.363 e. The van der Waals surface area contributed by atoms with E-state index < -0.39 is 0 Å². The molecule has 0 N–H and O–H groups in total. The van der Waals surface area contributed by atoms with Crippen LogP contribution in [0.3, 0.4) is 0 Å². The summed E-state index contributed by atoms with van der Waals surface area (Å²) < 4.78 is 0. The van der Waals surface area contributed by atoms with E-state index in [0.29, 0.717) is 48.2 Å². The van der Waals surface area contributed by atoms with Crippen molar-refractivity contribution >= 4 is 40.5 Å². The van der Waals surface area contributed by atoms with Crippen LogP contribution in [0.25, 0.3) is 5.57 Å². The van der Waals surface area contributed by atoms with E-state index in [0.717, 1.165) is 16.9 Å². The summed E-state index contributed by atoms with van der Waals surface area (Å²) in [4.78, 5) is 37.2. The Morgan fingerprint density at radius 3 is 2.21 bits per heavy atom. The van der Waals surface area contributed by atoms with Gasteiger partial charge in [-0.05, 0) is 42.8 Å². The van der Waals surface area contributed by atoms with E-state index in [2.05, 4.69) is 9.88 Å². The number of carbonyl (C=O) groups excluding carboxylic acids is 2. The summed E-state index contributed by atoms with van der Waals surface area (Å²) in [7, 11) is 0. The predicted molar refractivity (Wildman–Crippen MR) is 130 cm³/mol. The number of benzene rings is 2. The maximum Gasteiger partial charge on any atom is 0.282 e. The SMILES string of the molecule is Cc1ccc(C2=C(N3CCN(c4ccccn4)CC3)C(=O)N(c3cccc(Cl)c3)C2=O)cc1. The van der Waals surface area contributed by atoms with Crippen molar-refractivity contribution in [3.05, 3.63) is 94.8 Å². The van der Waals surface area contributed by atoms with Crippen LogP contribution >= 0.6 is 11.6 Å². The van der Waals surface area contributed by atoms with E-state index in [-0.39, 0.29) is 11.8 Å². The smallest absolute Gasteiger partial charge is 0.282 e. The molecule has 2 aromatic carbocycles. The minimum atomic E-state index is -0.326. The van der Waals surface area contributed by atoms with Crippen LogP contribution in [0.5, 0.6) is 0 Å². The van der Waals surface area contributed by atoms with Gasteiger partial charge in [0.15, 0.2) is 0 Å². The van der Waals surface area contributed by atoms with Gasteiger partial charge in [-0.2, -0.15) is 0 Å². The molecule has 0 atom stereocenters. The topological polar surface area (TPSA) is 56.8 Å². The van der Waals surface area contributed by atoms with Crippen LogP contribution in [0, 0.1) is 6.92 Å². The van der Waals surface area contributed by atoms with Crippen LogP contribution < -0.4 is 9.80 Å². The number of imide groups is 1. The minimum absolute atomic E-state index is 0.316. The average Bonchev–Trinajstić information content (AvgIpc) is 3.10. The Morgan fingerprint density at radius 2 is 1.55 bits per heavy atom. The summed E-state index contributed by atoms with van der Waals surface area (Å²) in [6, 6.07) is 20.4. The Labute approximate surface area is 197 Å². The molecule has 2 amide bonds. The Balaban J connectivity index is 1.51. The van der Waals surface area contributed by atoms with Crippen LogP contribution in [0.2, 0.25) is 5.02 Å². The lowest BCUT2D eigenvalue weighted by Gasteiger charge is -2.37. The van der Waals surface area contributed by atoms with Crippen molar-refractivity contribution in [3.63, 3.8) is 0 Å². The highest BCUT2D eigenvalue weighted by atomic mass is 35.5. The van der Waals surface area contributed by atoms with Crippen molar-refractivity contribution in [2.75, 3.05) is 36.0 Å². The van der Waals surface area contributed by atoms with Gasteiger partial charge in [0, 0.05) is 37.4 Å². The summed E-state index contributed by atoms with van der Waals surface area (Å²) >= 11 is 6.16. The first-order valence-electron chi connectivity index (χ1n) is 10.9. The lowest BCUT2D eigenvalue weighted by Crippen LogP contribution is -2.48. The zero-order valence-corrected chi connectivity index (χ0v) is 19.0. The third kappa shape index (κ3) is 3.98. The second kappa shape index (κ2) is 8.71. The van der Waals surface area contributed by atoms with E-state index in [4.69, 9.17) is 11.6 Å². The Kier molecular flexibility index (Phi) is 5.60. The van der Waals surface area contributed by atoms with Crippen LogP contribution in [0.15, 0.2) is 78.6 Å². The summed E-state index contributed by atoms with van der Waals surface area (Å²) in [6.07, 6.45) is 1.78. The van der Waals surface area contributed by atoms with E-state index in [9.17, 15) is 9.59 Å². The number of rotatable bonds is 4. The third-order valence-electron chi connectivity index (χ3n) is 6.04. The van der Waals surface area contributed by atoms with Crippen molar-refractivity contribution in [2.24, 2.45) is 0 Å². The molecule has 6 nitrogen and oxygen atoms in total. The van der Waals surface area contributed by atoms with E-state index in [1.807, 2.05) is 54.3 Å². The molecule has 2 aliphatic heterocycles. The van der Waals surface area contributed by atoms with E-state index in [1.165, 1.54) is 4.90 Å². The van der Waals surface area contributed by atoms with Crippen LogP contribution in [0.1, 0.15) is 11.1 Å². The van der Waals surface area contributed by atoms with Crippen molar-refractivity contribution in [1.29, 1.82) is 0 Å². The van der Waals surface area contributed by atoms with E-state index >= 15 is 0 Å². The monoisotopic (exact) mass is 458 g/mol. The number of amides is 2. The highest BCUT2D eigenvalue weighted by Gasteiger charge is 2.43. The molecule has 1 saturated heterocycles. The summed E-state index contributed by atoms with van der Waals surface area (Å²) in [6.45, 7) is 4.64. The Bertz CT molecular complexity index is 1230. The second-order valence-corrected chi connectivity index (χ2v) is 8.61. The van der Waals surface area contributed by atoms with Crippen molar-refractivity contribution < 1.29 is 9.59 Å². The number of carbonyl (C=O) groups is 2. The highest BCUT2D eigenvalue weighted by Crippen LogP contribution is 2.36. The zero-order valence-electron chi connectivity index (χ0n) is 18.2. The number of hydrogen-bond acceptors (Lipinski definition) is 5. The van der Waals surface area contributed by atoms with Gasteiger partial charge in [0.1, 0.15) is 11.5 Å². The molecule has 2 aliphatic rings. The third-order valence-corrected chi connectivity index (χ3v) is 6.27. The lowest BCUT2D eigenvalue weighted by atomic mass is 10.0. The molecule has 3 aromatic rings. The van der Waals surface area contributed by atoms with Crippen LogP contribution in [0.4, 0.5) is 11.5 Å². The molecule has 5 rings (SSSR count). The fourth-order valence-electron chi connectivity index (χ4n) is 4.34. The van der Waals surface area contributed by atoms with Crippen LogP contribution in [-0.4, -0.2) is 47.9 Å². The largest absolute Gasteiger partial charge is 0.363 e. The fraction of sp³-hybridized carbons (Fsp3) is 0.192. The van der Waals surface area contributed by atoms with Crippen molar-refractivity contribution in [3.8, 4) is 0 Å². The first kappa shape index (κ1) is 21.2. The number of anilines is 2. The molecule has 0 radical (unpaired) electrons. The Morgan fingerprint density at radius 1 is 0.818 bits per heavy atom. The standard InChI is InChI=1S/C26H23ClN4O2/c1-18-8-10-19(11-9-18)23-24(26(33)31(25(23)32)21-6-4-5-20(27)17-21)30-15-13-29(14-16-30)22-7-2-3-12-28-22/h2-12,17H,13-16H2,1H3. The average molecular weight is 459 g/mol. The molecule has 33 heavy (non-hydrogen) atoms. The number of aromatic nitrogens is 1. The molecule has 166 valence electrons. The number of aryl methyl sites for hydroxylation is 1. The zero-order chi connectivity index (χ0) is 22.9. The predicted octanol–water partition coefficient (Wildman–Crippen LogP) is 4.15. The molecule has 0 bridgehead atoms. The number of halogens is 1. The second-order valence-electron chi connectivity index (χ2n) is 8.18. The maximum atomic E-state index is 13.7. The molecular formula is C26H23ClN4O2. The van der Waals surface area contributed by atoms with Gasteiger partial charge >= 0.3 is 0 Å². The van der Waals surface area contributed by atoms with Gasteiger partial charge in [0.05, 0.1) is 11.3 Å². The van der Waals surface area contributed by atoms with Gasteiger partial charge in [-0.1, -0.05) is 53.6 Å². The summed E-state index contributed by atoms with van der Waals surface area (Å²) in [5.41, 5.74) is 3.19. The van der Waals surface area contributed by atoms with Crippen molar-refractivity contribution in [1.82, 2.24) is 9.88 Å². The van der Waals surface area contributed by atoms with Crippen molar-refractivity contribution in [2.45, 2.75) is 6.92 Å². The van der Waals surface area contributed by atoms with Gasteiger partial charge < -0.3 is 9.80 Å². The first-order chi connectivity index (χ1) is 16.0. The number of hydrogen-bond donors (Lipinski definition) is 0. The molecule has 0 spiro atoms. The number of nitrogens with zero attached hydrogens (tertiary/aromatic N) is 4. The van der Waals surface area contributed by atoms with Gasteiger partial charge in [0.2, 0.25) is 0 Å². The number of pyridine rings is 1. The van der Waals surface area contributed by atoms with Gasteiger partial charge in [-0.3, -0.25) is 9.59 Å². The lowest BCUT2D eigenvalue weighted by molar-refractivity contribution is -0.120. The summed E-state index contributed by atoms with van der Waals surface area (Å²) in [5.74, 6) is 0.275. The van der Waals surface area contributed by atoms with E-state index in [1.54, 1.807) is 30.5 Å². The fourth-order valence-corrected chi connectivity index (χ4v) is 4.53.